The SMILES string of the molecule is Cc1ccc(O)cc1F.[OH]. The van der Waals surface area contributed by atoms with Crippen LogP contribution in [0.2, 0.25) is 0 Å². The molecule has 0 aliphatic heterocycles. The molecular formula is C7H8FO2. The van der Waals surface area contributed by atoms with Crippen LogP contribution in [0.3, 0.4) is 0 Å². The van der Waals surface area contributed by atoms with Crippen molar-refractivity contribution >= 4 is 0 Å². The topological polar surface area (TPSA) is 50.2 Å². The van der Waals surface area contributed by atoms with Crippen LogP contribution in [0.4, 0.5) is 4.39 Å². The quantitative estimate of drug-likeness (QED) is 0.570. The van der Waals surface area contributed by atoms with E-state index in [0.29, 0.717) is 5.56 Å². The third-order valence-corrected chi connectivity index (χ3v) is 1.16. The van der Waals surface area contributed by atoms with Crippen LogP contribution in [0.1, 0.15) is 5.56 Å². The molecule has 0 fully saturated rings. The molecule has 0 amide bonds. The van der Waals surface area contributed by atoms with Gasteiger partial charge in [-0.25, -0.2) is 4.39 Å². The van der Waals surface area contributed by atoms with Crippen molar-refractivity contribution in [2.24, 2.45) is 0 Å². The van der Waals surface area contributed by atoms with Gasteiger partial charge in [-0.3, -0.25) is 5.48 Å². The van der Waals surface area contributed by atoms with Crippen LogP contribution >= 0.6 is 0 Å². The minimum atomic E-state index is -0.366. The molecule has 0 aromatic heterocycles. The molecule has 1 aromatic carbocycles. The van der Waals surface area contributed by atoms with Crippen LogP contribution in [-0.2, 0) is 0 Å². The Morgan fingerprint density at radius 3 is 2.40 bits per heavy atom. The maximum Gasteiger partial charge on any atom is 0.129 e. The largest absolute Gasteiger partial charge is 0.508 e. The van der Waals surface area contributed by atoms with Crippen LogP contribution in [-0.4, -0.2) is 10.6 Å². The molecule has 2 nitrogen and oxygen atoms in total. The molecule has 0 atom stereocenters. The Morgan fingerprint density at radius 2 is 2.00 bits per heavy atom. The molecule has 2 N–H and O–H groups in total. The van der Waals surface area contributed by atoms with Crippen molar-refractivity contribution in [2.45, 2.75) is 6.92 Å². The molecule has 0 unspecified atom stereocenters. The average Bonchev–Trinajstić information content (AvgIpc) is 1.80. The summed E-state index contributed by atoms with van der Waals surface area (Å²) in [4.78, 5) is 0. The average molecular weight is 143 g/mol. The molecule has 0 heterocycles. The van der Waals surface area contributed by atoms with Gasteiger partial charge in [-0.1, -0.05) is 6.07 Å². The first-order valence-corrected chi connectivity index (χ1v) is 2.65. The van der Waals surface area contributed by atoms with Gasteiger partial charge in [0.15, 0.2) is 0 Å². The van der Waals surface area contributed by atoms with E-state index in [4.69, 9.17) is 5.11 Å². The molecule has 0 saturated carbocycles. The van der Waals surface area contributed by atoms with E-state index in [2.05, 4.69) is 0 Å². The minimum Gasteiger partial charge on any atom is -0.508 e. The maximum absolute atomic E-state index is 12.4. The highest BCUT2D eigenvalue weighted by Gasteiger charge is 1.95. The van der Waals surface area contributed by atoms with E-state index in [1.807, 2.05) is 0 Å². The number of benzene rings is 1. The Balaban J connectivity index is 0.000000810. The third-order valence-electron chi connectivity index (χ3n) is 1.16. The van der Waals surface area contributed by atoms with Gasteiger partial charge in [-0.2, -0.15) is 0 Å². The molecule has 0 spiro atoms. The van der Waals surface area contributed by atoms with Crippen LogP contribution in [0.5, 0.6) is 5.75 Å². The fourth-order valence-electron chi connectivity index (χ4n) is 0.582. The molecule has 1 rings (SSSR count). The number of hydrogen-bond acceptors (Lipinski definition) is 1. The summed E-state index contributed by atoms with van der Waals surface area (Å²) >= 11 is 0. The highest BCUT2D eigenvalue weighted by Crippen LogP contribution is 2.12. The molecule has 3 heteroatoms. The second-order valence-electron chi connectivity index (χ2n) is 1.93. The van der Waals surface area contributed by atoms with E-state index in [-0.39, 0.29) is 17.0 Å². The monoisotopic (exact) mass is 143 g/mol. The standard InChI is InChI=1S/C7H7FO.HO/c1-5-2-3-6(9)4-7(5)8;/h2-4,9H,1H3;1H. The number of halogens is 1. The normalized spacial score (nSPS) is 8.60. The minimum absolute atomic E-state index is 0. The van der Waals surface area contributed by atoms with Gasteiger partial charge in [-0.05, 0) is 18.6 Å². The molecule has 1 radical (unpaired) electrons. The predicted molar refractivity (Wildman–Crippen MR) is 34.7 cm³/mol. The molecular weight excluding hydrogens is 135 g/mol. The first-order chi connectivity index (χ1) is 4.20. The zero-order valence-corrected chi connectivity index (χ0v) is 5.50. The van der Waals surface area contributed by atoms with Crippen molar-refractivity contribution in [1.82, 2.24) is 0 Å². The van der Waals surface area contributed by atoms with Crippen molar-refractivity contribution < 1.29 is 15.0 Å². The molecule has 0 bridgehead atoms. The Morgan fingerprint density at radius 1 is 1.40 bits per heavy atom. The third kappa shape index (κ3) is 1.70. The second-order valence-corrected chi connectivity index (χ2v) is 1.93. The number of phenolic OH excluding ortho intramolecular Hbond substituents is 1. The van der Waals surface area contributed by atoms with Gasteiger partial charge in [0.2, 0.25) is 0 Å². The first-order valence-electron chi connectivity index (χ1n) is 2.65. The smallest absolute Gasteiger partial charge is 0.129 e. The Kier molecular flexibility index (Phi) is 2.83. The van der Waals surface area contributed by atoms with Gasteiger partial charge in [0.05, 0.1) is 0 Å². The summed E-state index contributed by atoms with van der Waals surface area (Å²) < 4.78 is 12.4. The summed E-state index contributed by atoms with van der Waals surface area (Å²) in [5.74, 6) is -0.395. The number of aryl methyl sites for hydroxylation is 1. The summed E-state index contributed by atoms with van der Waals surface area (Å²) in [5.41, 5.74) is 0.549. The zero-order chi connectivity index (χ0) is 6.85. The second kappa shape index (κ2) is 3.17. The summed E-state index contributed by atoms with van der Waals surface area (Å²) in [5, 5.41) is 8.70. The first kappa shape index (κ1) is 8.91. The van der Waals surface area contributed by atoms with Gasteiger partial charge < -0.3 is 5.11 Å². The van der Waals surface area contributed by atoms with E-state index in [9.17, 15) is 4.39 Å². The van der Waals surface area contributed by atoms with E-state index in [1.54, 1.807) is 6.92 Å². The van der Waals surface area contributed by atoms with Crippen molar-refractivity contribution in [3.05, 3.63) is 29.6 Å². The van der Waals surface area contributed by atoms with E-state index in [0.717, 1.165) is 6.07 Å². The number of phenols is 1. The van der Waals surface area contributed by atoms with Crippen molar-refractivity contribution in [3.63, 3.8) is 0 Å². The molecule has 55 valence electrons. The Bertz CT molecular complexity index is 223. The summed E-state index contributed by atoms with van der Waals surface area (Å²) in [7, 11) is 0. The van der Waals surface area contributed by atoms with Gasteiger partial charge in [0.1, 0.15) is 11.6 Å². The summed E-state index contributed by atoms with van der Waals surface area (Å²) in [6.45, 7) is 1.65. The number of aromatic hydroxyl groups is 1. The summed E-state index contributed by atoms with van der Waals surface area (Å²) in [6.07, 6.45) is 0. The summed E-state index contributed by atoms with van der Waals surface area (Å²) in [6, 6.07) is 4.08. The fourth-order valence-corrected chi connectivity index (χ4v) is 0.582. The lowest BCUT2D eigenvalue weighted by molar-refractivity contribution is 0.468. The van der Waals surface area contributed by atoms with Gasteiger partial charge in [0.25, 0.3) is 0 Å². The van der Waals surface area contributed by atoms with E-state index < -0.39 is 0 Å². The van der Waals surface area contributed by atoms with Crippen LogP contribution in [0, 0.1) is 12.7 Å². The van der Waals surface area contributed by atoms with Crippen LogP contribution in [0.25, 0.3) is 0 Å². The lowest BCUT2D eigenvalue weighted by Crippen LogP contribution is -1.78. The maximum atomic E-state index is 12.4. The van der Waals surface area contributed by atoms with Crippen LogP contribution < -0.4 is 0 Å². The molecule has 0 aliphatic rings. The van der Waals surface area contributed by atoms with Gasteiger partial charge >= 0.3 is 0 Å². The number of hydrogen-bond donors (Lipinski definition) is 2. The van der Waals surface area contributed by atoms with Crippen molar-refractivity contribution in [2.75, 3.05) is 0 Å². The predicted octanol–water partition coefficient (Wildman–Crippen LogP) is 1.66. The lowest BCUT2D eigenvalue weighted by Gasteiger charge is -1.93. The van der Waals surface area contributed by atoms with Gasteiger partial charge in [0, 0.05) is 6.07 Å². The fraction of sp³-hybridized carbons (Fsp3) is 0.143. The number of rotatable bonds is 0. The van der Waals surface area contributed by atoms with Crippen molar-refractivity contribution in [1.29, 1.82) is 0 Å². The highest BCUT2D eigenvalue weighted by molar-refractivity contribution is 5.26. The molecule has 0 saturated heterocycles. The molecule has 1 aromatic rings. The van der Waals surface area contributed by atoms with Crippen molar-refractivity contribution in [3.8, 4) is 5.75 Å². The molecule has 10 heavy (non-hydrogen) atoms. The van der Waals surface area contributed by atoms with E-state index in [1.165, 1.54) is 12.1 Å². The Labute approximate surface area is 58.2 Å². The molecule has 0 aliphatic carbocycles. The van der Waals surface area contributed by atoms with Crippen LogP contribution in [0.15, 0.2) is 18.2 Å². The Hall–Kier alpha value is -1.09. The van der Waals surface area contributed by atoms with Gasteiger partial charge in [-0.15, -0.1) is 0 Å². The lowest BCUT2D eigenvalue weighted by atomic mass is 10.2. The van der Waals surface area contributed by atoms with E-state index >= 15 is 0 Å². The highest BCUT2D eigenvalue weighted by atomic mass is 19.1. The zero-order valence-electron chi connectivity index (χ0n) is 5.50.